The van der Waals surface area contributed by atoms with Crippen molar-refractivity contribution in [3.05, 3.63) is 35.9 Å². The van der Waals surface area contributed by atoms with Gasteiger partial charge in [-0.25, -0.2) is 9.69 Å². The van der Waals surface area contributed by atoms with Crippen LogP contribution >= 0.6 is 0 Å². The summed E-state index contributed by atoms with van der Waals surface area (Å²) < 4.78 is 42.3. The summed E-state index contributed by atoms with van der Waals surface area (Å²) in [7, 11) is 0. The molecule has 2 atom stereocenters. The topological polar surface area (TPSA) is 83.9 Å². The molecule has 0 radical (unpaired) electrons. The summed E-state index contributed by atoms with van der Waals surface area (Å²) in [4.78, 5) is 36.2. The molecule has 0 bridgehead atoms. The van der Waals surface area contributed by atoms with Gasteiger partial charge in [0.1, 0.15) is 6.61 Å². The highest BCUT2D eigenvalue weighted by Crippen LogP contribution is 2.28. The number of carbonyl (C=O) groups is 3. The van der Waals surface area contributed by atoms with Gasteiger partial charge in [-0.2, -0.15) is 13.2 Å². The molecule has 1 fully saturated rings. The second-order valence-corrected chi connectivity index (χ2v) is 6.08. The van der Waals surface area contributed by atoms with Gasteiger partial charge < -0.3 is 9.84 Å². The van der Waals surface area contributed by atoms with E-state index in [1.807, 2.05) is 0 Å². The van der Waals surface area contributed by atoms with E-state index in [9.17, 15) is 27.6 Å². The van der Waals surface area contributed by atoms with Gasteiger partial charge in [-0.3, -0.25) is 9.59 Å². The Morgan fingerprint density at radius 2 is 1.92 bits per heavy atom. The second-order valence-electron chi connectivity index (χ2n) is 6.08. The van der Waals surface area contributed by atoms with Crippen molar-refractivity contribution in [2.75, 3.05) is 6.61 Å². The van der Waals surface area contributed by atoms with E-state index in [0.717, 1.165) is 10.5 Å². The van der Waals surface area contributed by atoms with E-state index in [1.54, 1.807) is 30.3 Å². The molecular formula is C17H18F3NO5. The number of carboxylic acid groups (broad SMARTS) is 1. The molecule has 26 heavy (non-hydrogen) atoms. The number of aliphatic carboxylic acids is 1. The summed E-state index contributed by atoms with van der Waals surface area (Å²) in [5.41, 5.74) is 0.818. The third kappa shape index (κ3) is 5.47. The molecule has 2 rings (SSSR count). The molecule has 6 nitrogen and oxygen atoms in total. The Morgan fingerprint density at radius 3 is 2.50 bits per heavy atom. The fourth-order valence-corrected chi connectivity index (χ4v) is 2.83. The van der Waals surface area contributed by atoms with Crippen LogP contribution in [0.15, 0.2) is 30.3 Å². The van der Waals surface area contributed by atoms with Crippen LogP contribution in [-0.4, -0.2) is 46.8 Å². The number of alkyl halides is 3. The Kier molecular flexibility index (Phi) is 6.23. The summed E-state index contributed by atoms with van der Waals surface area (Å²) in [6.07, 6.45) is -7.99. The number of carbonyl (C=O) groups excluding carboxylic acids is 2. The number of hydrogen-bond donors (Lipinski definition) is 1. The zero-order valence-corrected chi connectivity index (χ0v) is 13.7. The lowest BCUT2D eigenvalue weighted by Gasteiger charge is -2.24. The summed E-state index contributed by atoms with van der Waals surface area (Å²) >= 11 is 0. The highest BCUT2D eigenvalue weighted by atomic mass is 19.4. The number of imide groups is 1. The number of halogens is 3. The maximum Gasteiger partial charge on any atom is 0.416 e. The Morgan fingerprint density at radius 1 is 1.27 bits per heavy atom. The molecule has 0 spiro atoms. The zero-order chi connectivity index (χ0) is 19.3. The van der Waals surface area contributed by atoms with E-state index in [-0.39, 0.29) is 13.0 Å². The summed E-state index contributed by atoms with van der Waals surface area (Å²) in [5, 5.41) is 8.90. The molecule has 0 aliphatic carbocycles. The Hall–Kier alpha value is -2.58. The monoisotopic (exact) mass is 373 g/mol. The summed E-state index contributed by atoms with van der Waals surface area (Å²) in [6, 6.07) is 8.22. The number of nitrogens with zero attached hydrogens (tertiary/aromatic N) is 1. The van der Waals surface area contributed by atoms with Gasteiger partial charge in [-0.1, -0.05) is 30.3 Å². The molecule has 1 aromatic rings. The second kappa shape index (κ2) is 8.20. The minimum absolute atomic E-state index is 0.0848. The van der Waals surface area contributed by atoms with Gasteiger partial charge in [-0.05, 0) is 18.4 Å². The number of cyclic esters (lactones) is 1. The molecule has 1 aliphatic heterocycles. The smallest absolute Gasteiger partial charge is 0.416 e. The largest absolute Gasteiger partial charge is 0.481 e. The summed E-state index contributed by atoms with van der Waals surface area (Å²) in [5.74, 6) is -3.80. The van der Waals surface area contributed by atoms with Crippen LogP contribution in [0, 0.1) is 5.92 Å². The molecule has 0 aromatic heterocycles. The van der Waals surface area contributed by atoms with Crippen LogP contribution in [-0.2, 0) is 20.7 Å². The van der Waals surface area contributed by atoms with Gasteiger partial charge in [0.15, 0.2) is 0 Å². The molecule has 9 heteroatoms. The fourth-order valence-electron chi connectivity index (χ4n) is 2.83. The van der Waals surface area contributed by atoms with Gasteiger partial charge in [0, 0.05) is 12.3 Å². The first-order valence-corrected chi connectivity index (χ1v) is 7.99. The molecule has 1 aliphatic rings. The van der Waals surface area contributed by atoms with Crippen molar-refractivity contribution in [1.29, 1.82) is 0 Å². The first-order chi connectivity index (χ1) is 12.2. The van der Waals surface area contributed by atoms with E-state index in [4.69, 9.17) is 9.84 Å². The van der Waals surface area contributed by atoms with Crippen LogP contribution in [0.4, 0.5) is 18.0 Å². The number of hydrogen-bond acceptors (Lipinski definition) is 4. The molecule has 1 N–H and O–H groups in total. The van der Waals surface area contributed by atoms with Crippen LogP contribution in [0.1, 0.15) is 24.8 Å². The number of benzene rings is 1. The summed E-state index contributed by atoms with van der Waals surface area (Å²) in [6.45, 7) is -0.0848. The van der Waals surface area contributed by atoms with Crippen molar-refractivity contribution < 1.29 is 37.4 Å². The van der Waals surface area contributed by atoms with Crippen molar-refractivity contribution in [2.24, 2.45) is 5.92 Å². The number of rotatable bonds is 7. The third-order valence-corrected chi connectivity index (χ3v) is 4.06. The quantitative estimate of drug-likeness (QED) is 0.794. The number of carboxylic acids is 1. The molecular weight excluding hydrogens is 355 g/mol. The Labute approximate surface area is 147 Å². The molecule has 142 valence electrons. The minimum Gasteiger partial charge on any atom is -0.481 e. The minimum atomic E-state index is -4.52. The molecule has 2 amide bonds. The van der Waals surface area contributed by atoms with Gasteiger partial charge >= 0.3 is 18.2 Å². The predicted octanol–water partition coefficient (Wildman–Crippen LogP) is 3.01. The van der Waals surface area contributed by atoms with Crippen molar-refractivity contribution in [3.8, 4) is 0 Å². The highest BCUT2D eigenvalue weighted by Gasteiger charge is 2.42. The third-order valence-electron chi connectivity index (χ3n) is 4.06. The van der Waals surface area contributed by atoms with E-state index in [2.05, 4.69) is 0 Å². The van der Waals surface area contributed by atoms with Crippen LogP contribution < -0.4 is 0 Å². The van der Waals surface area contributed by atoms with Gasteiger partial charge in [0.25, 0.3) is 0 Å². The van der Waals surface area contributed by atoms with Crippen LogP contribution in [0.2, 0.25) is 0 Å². The first-order valence-electron chi connectivity index (χ1n) is 7.99. The van der Waals surface area contributed by atoms with Crippen molar-refractivity contribution in [3.63, 3.8) is 0 Å². The average Bonchev–Trinajstić information content (AvgIpc) is 2.91. The molecule has 0 saturated carbocycles. The Bertz CT molecular complexity index is 662. The van der Waals surface area contributed by atoms with Crippen molar-refractivity contribution >= 4 is 18.0 Å². The molecule has 1 heterocycles. The lowest BCUT2D eigenvalue weighted by atomic mass is 9.96. The predicted molar refractivity (Wildman–Crippen MR) is 83.2 cm³/mol. The fraction of sp³-hybridized carbons (Fsp3) is 0.471. The number of ether oxygens (including phenoxy) is 1. The lowest BCUT2D eigenvalue weighted by molar-refractivity contribution is -0.150. The molecule has 0 unspecified atom stereocenters. The van der Waals surface area contributed by atoms with Crippen LogP contribution in [0.25, 0.3) is 0 Å². The Balaban J connectivity index is 2.14. The van der Waals surface area contributed by atoms with E-state index < -0.39 is 55.4 Å². The van der Waals surface area contributed by atoms with Gasteiger partial charge in [0.2, 0.25) is 5.91 Å². The average molecular weight is 373 g/mol. The van der Waals surface area contributed by atoms with Crippen molar-refractivity contribution in [2.45, 2.75) is 37.9 Å². The van der Waals surface area contributed by atoms with Gasteiger partial charge in [0.05, 0.1) is 12.5 Å². The van der Waals surface area contributed by atoms with E-state index in [0.29, 0.717) is 0 Å². The van der Waals surface area contributed by atoms with Gasteiger partial charge in [-0.15, -0.1) is 0 Å². The SMILES string of the molecule is O=C(O)C[C@@H](CCC(F)(F)F)C(=O)N1C(=O)OC[C@@H]1Cc1ccccc1. The molecule has 1 saturated heterocycles. The van der Waals surface area contributed by atoms with E-state index >= 15 is 0 Å². The normalized spacial score (nSPS) is 18.5. The number of amides is 2. The van der Waals surface area contributed by atoms with Crippen LogP contribution in [0.5, 0.6) is 0 Å². The van der Waals surface area contributed by atoms with Crippen LogP contribution in [0.3, 0.4) is 0 Å². The zero-order valence-electron chi connectivity index (χ0n) is 13.7. The molecule has 1 aromatic carbocycles. The van der Waals surface area contributed by atoms with E-state index in [1.165, 1.54) is 0 Å². The van der Waals surface area contributed by atoms with Crippen molar-refractivity contribution in [1.82, 2.24) is 4.90 Å². The lowest BCUT2D eigenvalue weighted by Crippen LogP contribution is -2.44. The highest BCUT2D eigenvalue weighted by molar-refractivity contribution is 5.96. The maximum atomic E-state index is 12.6. The standard InChI is InChI=1S/C17H18F3NO5/c18-17(19,20)7-6-12(9-14(22)23)15(24)21-13(10-26-16(21)25)8-11-4-2-1-3-5-11/h1-5,12-13H,6-10H2,(H,22,23)/t12-,13+/m1/s1. The maximum absolute atomic E-state index is 12.6. The first kappa shape index (κ1) is 19.7.